The first kappa shape index (κ1) is 17.8. The fourth-order valence-corrected chi connectivity index (χ4v) is 2.29. The number of aliphatic imine (C=N–C) groups is 1. The molecule has 0 saturated heterocycles. The summed E-state index contributed by atoms with van der Waals surface area (Å²) in [6.07, 6.45) is -0.0908. The third-order valence-electron chi connectivity index (χ3n) is 3.52. The van der Waals surface area contributed by atoms with Crippen molar-refractivity contribution in [2.75, 3.05) is 13.6 Å². The maximum atomic E-state index is 12.9. The lowest BCUT2D eigenvalue weighted by Crippen LogP contribution is -2.41. The second-order valence-corrected chi connectivity index (χ2v) is 5.63. The molecule has 0 amide bonds. The first-order chi connectivity index (χ1) is 11.5. The van der Waals surface area contributed by atoms with Gasteiger partial charge < -0.3 is 19.8 Å². The van der Waals surface area contributed by atoms with Crippen LogP contribution in [0.15, 0.2) is 39.7 Å². The van der Waals surface area contributed by atoms with Crippen LogP contribution in [0.1, 0.15) is 24.0 Å². The van der Waals surface area contributed by atoms with Crippen LogP contribution in [0.2, 0.25) is 0 Å². The number of rotatable bonds is 6. The normalized spacial score (nSPS) is 12.8. The zero-order valence-electron chi connectivity index (χ0n) is 14.5. The zero-order valence-corrected chi connectivity index (χ0v) is 14.5. The van der Waals surface area contributed by atoms with E-state index in [1.54, 1.807) is 19.2 Å². The summed E-state index contributed by atoms with van der Waals surface area (Å²) in [7, 11) is 1.72. The monoisotopic (exact) mass is 333 g/mol. The second-order valence-electron chi connectivity index (χ2n) is 5.63. The summed E-state index contributed by atoms with van der Waals surface area (Å²) in [4.78, 5) is 4.19. The van der Waals surface area contributed by atoms with Gasteiger partial charge >= 0.3 is 0 Å². The Morgan fingerprint density at radius 3 is 2.54 bits per heavy atom. The van der Waals surface area contributed by atoms with Gasteiger partial charge in [0.2, 0.25) is 0 Å². The van der Waals surface area contributed by atoms with E-state index in [1.807, 2.05) is 26.8 Å². The average Bonchev–Trinajstić information content (AvgIpc) is 2.87. The Morgan fingerprint density at radius 1 is 1.25 bits per heavy atom. The van der Waals surface area contributed by atoms with Gasteiger partial charge in [-0.05, 0) is 51.1 Å². The topological polar surface area (TPSA) is 58.8 Å². The van der Waals surface area contributed by atoms with Gasteiger partial charge in [-0.25, -0.2) is 4.39 Å². The highest BCUT2D eigenvalue weighted by molar-refractivity contribution is 5.79. The third-order valence-corrected chi connectivity index (χ3v) is 3.52. The Balaban J connectivity index is 1.78. The molecule has 2 N–H and O–H groups in total. The fourth-order valence-electron chi connectivity index (χ4n) is 2.29. The summed E-state index contributed by atoms with van der Waals surface area (Å²) in [6.45, 7) is 7.01. The van der Waals surface area contributed by atoms with Crippen LogP contribution in [-0.4, -0.2) is 25.7 Å². The van der Waals surface area contributed by atoms with E-state index in [2.05, 4.69) is 15.6 Å². The maximum Gasteiger partial charge on any atom is 0.191 e. The predicted octanol–water partition coefficient (Wildman–Crippen LogP) is 3.17. The van der Waals surface area contributed by atoms with Crippen molar-refractivity contribution >= 4 is 5.96 Å². The first-order valence-corrected chi connectivity index (χ1v) is 7.90. The van der Waals surface area contributed by atoms with Crippen molar-refractivity contribution in [1.82, 2.24) is 10.6 Å². The SMILES string of the molecule is CN=C(NCc1cc(C)oc1C)NCC(C)Oc1ccc(F)cc1. The van der Waals surface area contributed by atoms with Gasteiger partial charge in [-0.2, -0.15) is 0 Å². The fraction of sp³-hybridized carbons (Fsp3) is 0.389. The Hall–Kier alpha value is -2.50. The van der Waals surface area contributed by atoms with Gasteiger partial charge in [0.15, 0.2) is 5.96 Å². The average molecular weight is 333 g/mol. The number of halogens is 1. The lowest BCUT2D eigenvalue weighted by Gasteiger charge is -2.17. The molecule has 1 aromatic heterocycles. The van der Waals surface area contributed by atoms with Crippen molar-refractivity contribution in [3.8, 4) is 5.75 Å². The standard InChI is InChI=1S/C18H24FN3O2/c1-12-9-15(14(3)23-12)11-22-18(20-4)21-10-13(2)24-17-7-5-16(19)6-8-17/h5-9,13H,10-11H2,1-4H3,(H2,20,21,22). The minimum absolute atomic E-state index is 0.0908. The van der Waals surface area contributed by atoms with Gasteiger partial charge in [0.1, 0.15) is 29.2 Å². The molecule has 6 heteroatoms. The highest BCUT2D eigenvalue weighted by atomic mass is 19.1. The molecule has 0 spiro atoms. The largest absolute Gasteiger partial charge is 0.489 e. The Morgan fingerprint density at radius 2 is 1.96 bits per heavy atom. The molecule has 2 rings (SSSR count). The third kappa shape index (κ3) is 5.30. The summed E-state index contributed by atoms with van der Waals surface area (Å²) in [5, 5.41) is 6.45. The second kappa shape index (κ2) is 8.38. The number of aryl methyl sites for hydroxylation is 2. The molecule has 1 aromatic carbocycles. The van der Waals surface area contributed by atoms with Crippen LogP contribution in [0.4, 0.5) is 4.39 Å². The molecule has 1 unspecified atom stereocenters. The molecule has 2 aromatic rings. The van der Waals surface area contributed by atoms with E-state index >= 15 is 0 Å². The molecule has 130 valence electrons. The molecular formula is C18H24FN3O2. The van der Waals surface area contributed by atoms with Crippen molar-refractivity contribution in [3.05, 3.63) is 53.2 Å². The summed E-state index contributed by atoms with van der Waals surface area (Å²) >= 11 is 0. The van der Waals surface area contributed by atoms with Crippen LogP contribution in [-0.2, 0) is 6.54 Å². The summed E-state index contributed by atoms with van der Waals surface area (Å²) in [5.74, 6) is 2.85. The van der Waals surface area contributed by atoms with Crippen LogP contribution in [0.3, 0.4) is 0 Å². The Kier molecular flexibility index (Phi) is 6.23. The molecule has 0 aliphatic heterocycles. The van der Waals surface area contributed by atoms with Crippen LogP contribution >= 0.6 is 0 Å². The summed E-state index contributed by atoms with van der Waals surface area (Å²) in [5.41, 5.74) is 1.10. The lowest BCUT2D eigenvalue weighted by molar-refractivity contribution is 0.223. The van der Waals surface area contributed by atoms with Gasteiger partial charge in [-0.15, -0.1) is 0 Å². The number of benzene rings is 1. The molecule has 0 fully saturated rings. The molecule has 0 saturated carbocycles. The first-order valence-electron chi connectivity index (χ1n) is 7.90. The van der Waals surface area contributed by atoms with Gasteiger partial charge in [0, 0.05) is 19.2 Å². The molecule has 0 aliphatic rings. The summed E-state index contributed by atoms with van der Waals surface area (Å²) in [6, 6.07) is 8.00. The molecule has 1 heterocycles. The van der Waals surface area contributed by atoms with E-state index in [-0.39, 0.29) is 11.9 Å². The molecule has 0 bridgehead atoms. The predicted molar refractivity (Wildman–Crippen MR) is 92.9 cm³/mol. The quantitative estimate of drug-likeness (QED) is 0.630. The highest BCUT2D eigenvalue weighted by Crippen LogP contribution is 2.13. The van der Waals surface area contributed by atoms with Gasteiger partial charge in [0.05, 0.1) is 6.54 Å². The summed E-state index contributed by atoms with van der Waals surface area (Å²) < 4.78 is 24.1. The van der Waals surface area contributed by atoms with Crippen molar-refractivity contribution in [2.45, 2.75) is 33.4 Å². The van der Waals surface area contributed by atoms with Crippen molar-refractivity contribution < 1.29 is 13.5 Å². The molecule has 0 aliphatic carbocycles. The van der Waals surface area contributed by atoms with E-state index in [0.717, 1.165) is 17.1 Å². The molecular weight excluding hydrogens is 309 g/mol. The van der Waals surface area contributed by atoms with Crippen molar-refractivity contribution in [3.63, 3.8) is 0 Å². The van der Waals surface area contributed by atoms with E-state index in [9.17, 15) is 4.39 Å². The van der Waals surface area contributed by atoms with E-state index < -0.39 is 0 Å². The lowest BCUT2D eigenvalue weighted by atomic mass is 10.2. The highest BCUT2D eigenvalue weighted by Gasteiger charge is 2.08. The number of nitrogens with one attached hydrogen (secondary N) is 2. The van der Waals surface area contributed by atoms with Gasteiger partial charge in [-0.1, -0.05) is 0 Å². The maximum absolute atomic E-state index is 12.9. The van der Waals surface area contributed by atoms with E-state index in [1.165, 1.54) is 12.1 Å². The minimum Gasteiger partial charge on any atom is -0.489 e. The Labute approximate surface area is 141 Å². The van der Waals surface area contributed by atoms with Crippen molar-refractivity contribution in [1.29, 1.82) is 0 Å². The number of furan rings is 1. The Bertz CT molecular complexity index is 680. The molecule has 5 nitrogen and oxygen atoms in total. The van der Waals surface area contributed by atoms with Crippen LogP contribution in [0, 0.1) is 19.7 Å². The molecule has 1 atom stereocenters. The van der Waals surface area contributed by atoms with E-state index in [4.69, 9.17) is 9.15 Å². The minimum atomic E-state index is -0.275. The number of hydrogen-bond acceptors (Lipinski definition) is 3. The van der Waals surface area contributed by atoms with Gasteiger partial charge in [0.25, 0.3) is 0 Å². The smallest absolute Gasteiger partial charge is 0.191 e. The van der Waals surface area contributed by atoms with Crippen molar-refractivity contribution in [2.24, 2.45) is 4.99 Å². The molecule has 24 heavy (non-hydrogen) atoms. The zero-order chi connectivity index (χ0) is 17.5. The number of hydrogen-bond donors (Lipinski definition) is 2. The van der Waals surface area contributed by atoms with Crippen LogP contribution in [0.5, 0.6) is 5.75 Å². The number of nitrogens with zero attached hydrogens (tertiary/aromatic N) is 1. The van der Waals surface area contributed by atoms with E-state index in [0.29, 0.717) is 24.8 Å². The van der Waals surface area contributed by atoms with Crippen LogP contribution in [0.25, 0.3) is 0 Å². The molecule has 0 radical (unpaired) electrons. The number of ether oxygens (including phenoxy) is 1. The van der Waals surface area contributed by atoms with Crippen LogP contribution < -0.4 is 15.4 Å². The number of guanidine groups is 1. The van der Waals surface area contributed by atoms with Gasteiger partial charge in [-0.3, -0.25) is 4.99 Å².